The molecule has 2 amide bonds. The van der Waals surface area contributed by atoms with E-state index in [1.165, 1.54) is 30.3 Å². The second-order valence-electron chi connectivity index (χ2n) is 9.18. The van der Waals surface area contributed by atoms with Crippen molar-refractivity contribution >= 4 is 6.03 Å². The molecule has 0 radical (unpaired) electrons. The minimum Gasteiger partial charge on any atom is -0.406 e. The first-order valence-corrected chi connectivity index (χ1v) is 10.4. The van der Waals surface area contributed by atoms with Gasteiger partial charge in [-0.25, -0.2) is 9.28 Å². The lowest BCUT2D eigenvalue weighted by molar-refractivity contribution is -0.942. The molecule has 0 spiro atoms. The van der Waals surface area contributed by atoms with Gasteiger partial charge in [0.25, 0.3) is 0 Å². The van der Waals surface area contributed by atoms with Gasteiger partial charge in [0.2, 0.25) is 0 Å². The summed E-state index contributed by atoms with van der Waals surface area (Å²) in [5, 5.41) is 0. The van der Waals surface area contributed by atoms with Crippen molar-refractivity contribution in [2.45, 2.75) is 51.1 Å². The number of quaternary nitrogens is 1. The molecule has 0 aromatic heterocycles. The second-order valence-corrected chi connectivity index (χ2v) is 9.18. The van der Waals surface area contributed by atoms with Gasteiger partial charge in [-0.2, -0.15) is 13.2 Å². The number of ether oxygens (including phenoxy) is 2. The molecule has 1 fully saturated rings. The van der Waals surface area contributed by atoms with Crippen LogP contribution in [-0.4, -0.2) is 41.6 Å². The Morgan fingerprint density at radius 1 is 0.971 bits per heavy atom. The SMILES string of the molecule is CC(C)(C)[N+]1(C(N)=O)CC(OC(c2ccc(OC(F)(F)F)cc2)c2ccccc2C(F)(F)F)C1. The fraction of sp³-hybridized carbons (Fsp3) is 0.435. The average molecular weight is 491 g/mol. The van der Waals surface area contributed by atoms with Crippen LogP contribution in [0.1, 0.15) is 43.6 Å². The highest BCUT2D eigenvalue weighted by atomic mass is 19.4. The first kappa shape index (κ1) is 25.8. The van der Waals surface area contributed by atoms with Crippen molar-refractivity contribution in [2.75, 3.05) is 13.1 Å². The maximum absolute atomic E-state index is 13.7. The van der Waals surface area contributed by atoms with Crippen LogP contribution in [0.15, 0.2) is 48.5 Å². The lowest BCUT2D eigenvalue weighted by Gasteiger charge is -2.54. The van der Waals surface area contributed by atoms with Crippen molar-refractivity contribution in [3.05, 3.63) is 65.2 Å². The Morgan fingerprint density at radius 2 is 1.53 bits per heavy atom. The van der Waals surface area contributed by atoms with E-state index in [-0.39, 0.29) is 28.7 Å². The number of nitrogens with zero attached hydrogens (tertiary/aromatic N) is 1. The van der Waals surface area contributed by atoms with Gasteiger partial charge in [-0.3, -0.25) is 0 Å². The number of primary amides is 1. The average Bonchev–Trinajstić information content (AvgIpc) is 2.65. The molecule has 2 aromatic rings. The summed E-state index contributed by atoms with van der Waals surface area (Å²) in [7, 11) is 0. The Bertz CT molecular complexity index is 1020. The fourth-order valence-corrected chi connectivity index (χ4v) is 4.14. The van der Waals surface area contributed by atoms with Crippen LogP contribution in [-0.2, 0) is 10.9 Å². The van der Waals surface area contributed by atoms with E-state index >= 15 is 0 Å². The Morgan fingerprint density at radius 3 is 2.00 bits per heavy atom. The van der Waals surface area contributed by atoms with Crippen LogP contribution in [0, 0.1) is 0 Å². The Balaban J connectivity index is 1.96. The molecule has 2 N–H and O–H groups in total. The number of likely N-dealkylation sites (tertiary alicyclic amines) is 1. The smallest absolute Gasteiger partial charge is 0.406 e. The molecule has 0 aliphatic carbocycles. The summed E-state index contributed by atoms with van der Waals surface area (Å²) in [6.07, 6.45) is -11.5. The third kappa shape index (κ3) is 5.30. The molecule has 1 unspecified atom stereocenters. The lowest BCUT2D eigenvalue weighted by Crippen LogP contribution is -2.78. The van der Waals surface area contributed by atoms with Gasteiger partial charge in [0.1, 0.15) is 24.9 Å². The van der Waals surface area contributed by atoms with Crippen LogP contribution in [0.25, 0.3) is 0 Å². The quantitative estimate of drug-likeness (QED) is 0.426. The number of carbonyl (C=O) groups is 1. The van der Waals surface area contributed by atoms with Crippen LogP contribution < -0.4 is 10.5 Å². The van der Waals surface area contributed by atoms with Gasteiger partial charge in [-0.05, 0) is 50.1 Å². The number of carbonyl (C=O) groups excluding carboxylic acids is 1. The van der Waals surface area contributed by atoms with Crippen LogP contribution >= 0.6 is 0 Å². The molecule has 1 saturated heterocycles. The summed E-state index contributed by atoms with van der Waals surface area (Å²) in [5.74, 6) is -0.514. The number of nitrogens with two attached hydrogens (primary N) is 1. The maximum Gasteiger partial charge on any atom is 0.573 e. The van der Waals surface area contributed by atoms with E-state index < -0.39 is 47.6 Å². The Kier molecular flexibility index (Phi) is 6.66. The van der Waals surface area contributed by atoms with E-state index in [0.717, 1.165) is 18.2 Å². The van der Waals surface area contributed by atoms with E-state index in [1.54, 1.807) is 0 Å². The van der Waals surface area contributed by atoms with E-state index in [9.17, 15) is 31.1 Å². The summed E-state index contributed by atoms with van der Waals surface area (Å²) in [6, 6.07) is 8.70. The molecular weight excluding hydrogens is 466 g/mol. The number of hydrogen-bond acceptors (Lipinski definition) is 3. The molecule has 3 rings (SSSR count). The molecule has 1 aliphatic heterocycles. The van der Waals surface area contributed by atoms with Gasteiger partial charge in [0, 0.05) is 0 Å². The first-order chi connectivity index (χ1) is 15.5. The summed E-state index contributed by atoms with van der Waals surface area (Å²) in [4.78, 5) is 12.1. The molecule has 0 saturated carbocycles. The zero-order valence-electron chi connectivity index (χ0n) is 18.7. The minimum absolute atomic E-state index is 0.107. The number of rotatable bonds is 5. The van der Waals surface area contributed by atoms with Crippen molar-refractivity contribution in [2.24, 2.45) is 5.73 Å². The second kappa shape index (κ2) is 8.77. The number of alkyl halides is 6. The number of hydrogen-bond donors (Lipinski definition) is 1. The normalized spacial score (nSPS) is 22.1. The summed E-state index contributed by atoms with van der Waals surface area (Å²) in [6.45, 7) is 5.77. The Hall–Kier alpha value is -2.79. The molecule has 186 valence electrons. The standard InChI is InChI=1S/C23H24F6N2O3/c1-21(2,3)31(20(30)32)12-16(13-31)33-19(17-6-4-5-7-18(17)22(24,25)26)14-8-10-15(11-9-14)34-23(27,28)29/h4-11,16,19H,12-13H2,1-3H3,(H-,30,32)/p+1. The van der Waals surface area contributed by atoms with Gasteiger partial charge >= 0.3 is 18.6 Å². The van der Waals surface area contributed by atoms with Crippen molar-refractivity contribution in [3.8, 4) is 5.75 Å². The van der Waals surface area contributed by atoms with Crippen LogP contribution in [0.5, 0.6) is 5.75 Å². The first-order valence-electron chi connectivity index (χ1n) is 10.4. The highest BCUT2D eigenvalue weighted by Gasteiger charge is 2.57. The zero-order valence-corrected chi connectivity index (χ0v) is 18.7. The molecule has 2 aromatic carbocycles. The minimum atomic E-state index is -4.91. The Labute approximate surface area is 192 Å². The van der Waals surface area contributed by atoms with Gasteiger partial charge in [-0.1, -0.05) is 30.3 Å². The van der Waals surface area contributed by atoms with Gasteiger partial charge in [0.05, 0.1) is 11.1 Å². The third-order valence-corrected chi connectivity index (χ3v) is 6.03. The van der Waals surface area contributed by atoms with Gasteiger partial charge in [-0.15, -0.1) is 13.2 Å². The van der Waals surface area contributed by atoms with Crippen molar-refractivity contribution in [3.63, 3.8) is 0 Å². The van der Waals surface area contributed by atoms with Gasteiger partial charge in [0.15, 0.2) is 6.10 Å². The summed E-state index contributed by atoms with van der Waals surface area (Å²) < 4.78 is 88.5. The van der Waals surface area contributed by atoms with Crippen molar-refractivity contribution < 1.29 is 45.1 Å². The predicted octanol–water partition coefficient (Wildman–Crippen LogP) is 5.79. The van der Waals surface area contributed by atoms with Crippen LogP contribution in [0.4, 0.5) is 31.1 Å². The van der Waals surface area contributed by atoms with Gasteiger partial charge < -0.3 is 15.2 Å². The molecule has 1 aliphatic rings. The number of halogens is 6. The maximum atomic E-state index is 13.7. The number of urea groups is 1. The molecule has 0 bridgehead atoms. The summed E-state index contributed by atoms with van der Waals surface area (Å²) >= 11 is 0. The highest BCUT2D eigenvalue weighted by Crippen LogP contribution is 2.42. The van der Waals surface area contributed by atoms with Crippen LogP contribution in [0.3, 0.4) is 0 Å². The number of amides is 2. The largest absolute Gasteiger partial charge is 0.573 e. The van der Waals surface area contributed by atoms with E-state index in [0.29, 0.717) is 0 Å². The van der Waals surface area contributed by atoms with Crippen LogP contribution in [0.2, 0.25) is 0 Å². The van der Waals surface area contributed by atoms with E-state index in [2.05, 4.69) is 4.74 Å². The van der Waals surface area contributed by atoms with Crippen molar-refractivity contribution in [1.82, 2.24) is 0 Å². The lowest BCUT2D eigenvalue weighted by atomic mass is 9.92. The number of benzene rings is 2. The monoisotopic (exact) mass is 491 g/mol. The molecule has 11 heteroatoms. The highest BCUT2D eigenvalue weighted by molar-refractivity contribution is 5.65. The zero-order chi connectivity index (χ0) is 25.5. The van der Waals surface area contributed by atoms with E-state index in [1.807, 2.05) is 20.8 Å². The van der Waals surface area contributed by atoms with E-state index in [4.69, 9.17) is 10.5 Å². The molecule has 5 nitrogen and oxygen atoms in total. The molecule has 34 heavy (non-hydrogen) atoms. The molecule has 1 atom stereocenters. The fourth-order valence-electron chi connectivity index (χ4n) is 4.14. The topological polar surface area (TPSA) is 61.6 Å². The summed E-state index contributed by atoms with van der Waals surface area (Å²) in [5.41, 5.74) is 4.13. The molecular formula is C23H25F6N2O3+. The van der Waals surface area contributed by atoms with Crippen molar-refractivity contribution in [1.29, 1.82) is 0 Å². The third-order valence-electron chi connectivity index (χ3n) is 6.03. The predicted molar refractivity (Wildman–Crippen MR) is 111 cm³/mol. The molecule has 1 heterocycles.